The van der Waals surface area contributed by atoms with Gasteiger partial charge in [0.25, 0.3) is 0 Å². The van der Waals surface area contributed by atoms with Gasteiger partial charge in [-0.3, -0.25) is 0 Å². The number of alkyl halides is 2. The number of allylic oxidation sites excluding steroid dienone is 1. The van der Waals surface area contributed by atoms with E-state index in [4.69, 9.17) is 0 Å². The fourth-order valence-corrected chi connectivity index (χ4v) is 3.21. The molecule has 1 N–H and O–H groups in total. The number of aromatic nitrogens is 3. The Bertz CT molecular complexity index is 1070. The summed E-state index contributed by atoms with van der Waals surface area (Å²) in [6.45, 7) is 3.96. The summed E-state index contributed by atoms with van der Waals surface area (Å²) in [7, 11) is 0. The van der Waals surface area contributed by atoms with E-state index in [0.29, 0.717) is 18.8 Å². The van der Waals surface area contributed by atoms with E-state index in [-0.39, 0.29) is 12.0 Å². The van der Waals surface area contributed by atoms with Crippen molar-refractivity contribution in [1.29, 1.82) is 0 Å². The van der Waals surface area contributed by atoms with Crippen LogP contribution in [0.25, 0.3) is 17.2 Å². The topological polar surface area (TPSA) is 68.0 Å². The molecule has 0 fully saturated rings. The molecule has 7 heteroatoms. The van der Waals surface area contributed by atoms with Crippen LogP contribution < -0.4 is 0 Å². The maximum Gasteiger partial charge on any atom is 0.335 e. The Morgan fingerprint density at radius 1 is 1.13 bits per heavy atom. The number of carboxylic acids is 1. The molecule has 3 aromatic rings. The lowest BCUT2D eigenvalue weighted by Crippen LogP contribution is -2.15. The molecule has 0 aliphatic heterocycles. The van der Waals surface area contributed by atoms with Crippen LogP contribution in [0.4, 0.5) is 8.78 Å². The van der Waals surface area contributed by atoms with E-state index in [1.165, 1.54) is 4.68 Å². The van der Waals surface area contributed by atoms with Gasteiger partial charge in [0.05, 0.1) is 12.1 Å². The van der Waals surface area contributed by atoms with E-state index in [1.807, 2.05) is 43.3 Å². The third-order valence-electron chi connectivity index (χ3n) is 4.82. The Balaban J connectivity index is 1.86. The minimum Gasteiger partial charge on any atom is -0.478 e. The molecule has 0 amide bonds. The van der Waals surface area contributed by atoms with Crippen molar-refractivity contribution in [3.63, 3.8) is 0 Å². The van der Waals surface area contributed by atoms with Gasteiger partial charge in [0, 0.05) is 6.42 Å². The predicted octanol–water partition coefficient (Wildman–Crippen LogP) is 6.01. The van der Waals surface area contributed by atoms with E-state index < -0.39 is 17.7 Å². The summed E-state index contributed by atoms with van der Waals surface area (Å²) < 4.78 is 30.2. The zero-order valence-corrected chi connectivity index (χ0v) is 17.6. The molecule has 0 saturated carbocycles. The molecular formula is C24H25F2N3O2. The Morgan fingerprint density at radius 2 is 1.87 bits per heavy atom. The van der Waals surface area contributed by atoms with Crippen LogP contribution in [0.2, 0.25) is 0 Å². The molecule has 0 aliphatic carbocycles. The van der Waals surface area contributed by atoms with Crippen molar-refractivity contribution in [3.05, 3.63) is 77.4 Å². The van der Waals surface area contributed by atoms with Crippen molar-refractivity contribution in [2.45, 2.75) is 45.6 Å². The number of carbonyl (C=O) groups is 1. The van der Waals surface area contributed by atoms with Crippen LogP contribution in [0.5, 0.6) is 0 Å². The zero-order chi connectivity index (χ0) is 22.4. The molecule has 0 radical (unpaired) electrons. The summed E-state index contributed by atoms with van der Waals surface area (Å²) >= 11 is 0. The molecular weight excluding hydrogens is 400 g/mol. The molecule has 162 valence electrons. The summed E-state index contributed by atoms with van der Waals surface area (Å²) in [4.78, 5) is 15.3. The highest BCUT2D eigenvalue weighted by Gasteiger charge is 2.35. The number of hydrogen-bond acceptors (Lipinski definition) is 3. The molecule has 31 heavy (non-hydrogen) atoms. The summed E-state index contributed by atoms with van der Waals surface area (Å²) in [5.41, 5.74) is 2.75. The van der Waals surface area contributed by atoms with Crippen molar-refractivity contribution < 1.29 is 18.7 Å². The summed E-state index contributed by atoms with van der Waals surface area (Å²) in [6, 6.07) is 14.2. The van der Waals surface area contributed by atoms with Crippen LogP contribution in [-0.2, 0) is 12.5 Å². The maximum atomic E-state index is 14.3. The Labute approximate surface area is 180 Å². The number of carboxylic acid groups (broad SMARTS) is 1. The highest BCUT2D eigenvalue weighted by molar-refractivity contribution is 5.89. The molecule has 5 nitrogen and oxygen atoms in total. The second kappa shape index (κ2) is 9.64. The lowest BCUT2D eigenvalue weighted by atomic mass is 10.0. The number of aromatic carboxylic acids is 1. The summed E-state index contributed by atoms with van der Waals surface area (Å²) in [6.07, 6.45) is 4.38. The maximum absolute atomic E-state index is 14.3. The molecule has 3 rings (SSSR count). The minimum atomic E-state index is -3.06. The largest absolute Gasteiger partial charge is 0.478 e. The SMILES string of the molecule is CC/C=C/c1nc(C(F)(F)CCC)nn1Cc1ccc(-c2cccc(C(=O)O)c2)cc1. The van der Waals surface area contributed by atoms with E-state index in [9.17, 15) is 18.7 Å². The fourth-order valence-electron chi connectivity index (χ4n) is 3.21. The average molecular weight is 425 g/mol. The van der Waals surface area contributed by atoms with Gasteiger partial charge in [-0.05, 0) is 47.7 Å². The number of hydrogen-bond donors (Lipinski definition) is 1. The van der Waals surface area contributed by atoms with Crippen LogP contribution in [0.1, 0.15) is 60.7 Å². The molecule has 0 unspecified atom stereocenters. The van der Waals surface area contributed by atoms with Crippen molar-refractivity contribution in [2.75, 3.05) is 0 Å². The third-order valence-corrected chi connectivity index (χ3v) is 4.82. The first-order valence-corrected chi connectivity index (χ1v) is 10.3. The highest BCUT2D eigenvalue weighted by atomic mass is 19.3. The van der Waals surface area contributed by atoms with Crippen LogP contribution in [0.15, 0.2) is 54.6 Å². The van der Waals surface area contributed by atoms with Gasteiger partial charge in [-0.2, -0.15) is 8.78 Å². The van der Waals surface area contributed by atoms with Gasteiger partial charge in [0.1, 0.15) is 0 Å². The molecule has 0 aliphatic rings. The smallest absolute Gasteiger partial charge is 0.335 e. The Kier molecular flexibility index (Phi) is 6.95. The third kappa shape index (κ3) is 5.42. The van der Waals surface area contributed by atoms with Crippen molar-refractivity contribution in [1.82, 2.24) is 14.8 Å². The van der Waals surface area contributed by atoms with Crippen LogP contribution >= 0.6 is 0 Å². The lowest BCUT2D eigenvalue weighted by Gasteiger charge is -2.10. The number of halogens is 2. The molecule has 1 aromatic heterocycles. The Morgan fingerprint density at radius 3 is 2.52 bits per heavy atom. The molecule has 2 aromatic carbocycles. The Hall–Kier alpha value is -3.35. The minimum absolute atomic E-state index is 0.220. The molecule has 0 spiro atoms. The van der Waals surface area contributed by atoms with Gasteiger partial charge in [0.15, 0.2) is 5.82 Å². The second-order valence-electron chi connectivity index (χ2n) is 7.30. The van der Waals surface area contributed by atoms with Crippen molar-refractivity contribution in [2.24, 2.45) is 0 Å². The van der Waals surface area contributed by atoms with Crippen molar-refractivity contribution >= 4 is 12.0 Å². The summed E-state index contributed by atoms with van der Waals surface area (Å²) in [5, 5.41) is 13.3. The quantitative estimate of drug-likeness (QED) is 0.456. The average Bonchev–Trinajstić information content (AvgIpc) is 3.16. The second-order valence-corrected chi connectivity index (χ2v) is 7.30. The van der Waals surface area contributed by atoms with E-state index >= 15 is 0 Å². The number of rotatable bonds is 9. The summed E-state index contributed by atoms with van der Waals surface area (Å²) in [5.74, 6) is -4.10. The monoisotopic (exact) mass is 425 g/mol. The van der Waals surface area contributed by atoms with E-state index in [0.717, 1.165) is 23.1 Å². The van der Waals surface area contributed by atoms with Crippen molar-refractivity contribution in [3.8, 4) is 11.1 Å². The molecule has 0 atom stereocenters. The van der Waals surface area contributed by atoms with E-state index in [2.05, 4.69) is 10.1 Å². The van der Waals surface area contributed by atoms with Crippen LogP contribution in [0.3, 0.4) is 0 Å². The zero-order valence-electron chi connectivity index (χ0n) is 17.6. The standard InChI is InChI=1S/C24H25F2N3O2/c1-3-5-9-21-27-23(24(25,26)14-4-2)28-29(21)16-17-10-12-18(13-11-17)19-7-6-8-20(15-19)22(30)31/h5-13,15H,3-4,14,16H2,1-2H3,(H,30,31)/b9-5+. The first kappa shape index (κ1) is 22.3. The molecule has 0 saturated heterocycles. The normalized spacial score (nSPS) is 11.9. The highest BCUT2D eigenvalue weighted by Crippen LogP contribution is 2.31. The number of benzene rings is 2. The number of nitrogens with zero attached hydrogens (tertiary/aromatic N) is 3. The fraction of sp³-hybridized carbons (Fsp3) is 0.292. The van der Waals surface area contributed by atoms with Gasteiger partial charge in [-0.1, -0.05) is 56.3 Å². The lowest BCUT2D eigenvalue weighted by molar-refractivity contribution is -0.0232. The first-order valence-electron chi connectivity index (χ1n) is 10.3. The molecule has 1 heterocycles. The van der Waals surface area contributed by atoms with E-state index in [1.54, 1.807) is 31.2 Å². The predicted molar refractivity (Wildman–Crippen MR) is 116 cm³/mol. The van der Waals surface area contributed by atoms with Gasteiger partial charge < -0.3 is 5.11 Å². The van der Waals surface area contributed by atoms with Crippen LogP contribution in [-0.4, -0.2) is 25.8 Å². The van der Waals surface area contributed by atoms with Gasteiger partial charge in [-0.15, -0.1) is 5.10 Å². The van der Waals surface area contributed by atoms with Crippen LogP contribution in [0, 0.1) is 0 Å². The first-order chi connectivity index (χ1) is 14.8. The van der Waals surface area contributed by atoms with Gasteiger partial charge >= 0.3 is 11.9 Å². The van der Waals surface area contributed by atoms with Gasteiger partial charge in [-0.25, -0.2) is 14.5 Å². The molecule has 0 bridgehead atoms. The van der Waals surface area contributed by atoms with Gasteiger partial charge in [0.2, 0.25) is 5.82 Å².